The molecule has 0 radical (unpaired) electrons. The summed E-state index contributed by atoms with van der Waals surface area (Å²) >= 11 is 0. The third-order valence-electron chi connectivity index (χ3n) is 4.37. The van der Waals surface area contributed by atoms with Crippen LogP contribution in [0.15, 0.2) is 22.8 Å². The Labute approximate surface area is 138 Å². The molecule has 0 bridgehead atoms. The van der Waals surface area contributed by atoms with E-state index >= 15 is 0 Å². The molecule has 5 nitrogen and oxygen atoms in total. The summed E-state index contributed by atoms with van der Waals surface area (Å²) in [5.41, 5.74) is 0. The lowest BCUT2D eigenvalue weighted by molar-refractivity contribution is -0.143. The Hall–Kier alpha value is -1.78. The average Bonchev–Trinajstić information content (AvgIpc) is 3.03. The van der Waals surface area contributed by atoms with Gasteiger partial charge >= 0.3 is 5.97 Å². The Balaban J connectivity index is 2.05. The molecule has 0 aliphatic heterocycles. The fourth-order valence-electron chi connectivity index (χ4n) is 3.18. The molecular formula is C18H27NO4. The second-order valence-corrected chi connectivity index (χ2v) is 6.03. The Kier molecular flexibility index (Phi) is 7.17. The largest absolute Gasteiger partial charge is 0.466 e. The van der Waals surface area contributed by atoms with E-state index in [1.54, 1.807) is 19.1 Å². The van der Waals surface area contributed by atoms with Gasteiger partial charge in [-0.25, -0.2) is 0 Å². The summed E-state index contributed by atoms with van der Waals surface area (Å²) in [6, 6.07) is 3.58. The summed E-state index contributed by atoms with van der Waals surface area (Å²) in [6.07, 6.45) is 9.71. The molecule has 1 aromatic heterocycles. The first-order chi connectivity index (χ1) is 11.2. The second-order valence-electron chi connectivity index (χ2n) is 6.03. The maximum atomic E-state index is 12.8. The van der Waals surface area contributed by atoms with Crippen molar-refractivity contribution >= 4 is 11.9 Å². The van der Waals surface area contributed by atoms with E-state index < -0.39 is 0 Å². The van der Waals surface area contributed by atoms with E-state index in [-0.39, 0.29) is 24.3 Å². The normalized spacial score (nSPS) is 16.4. The minimum Gasteiger partial charge on any atom is -0.466 e. The molecule has 0 aromatic carbocycles. The van der Waals surface area contributed by atoms with Gasteiger partial charge in [0, 0.05) is 12.6 Å². The number of esters is 1. The quantitative estimate of drug-likeness (QED) is 0.748. The van der Waals surface area contributed by atoms with Crippen molar-refractivity contribution in [3.05, 3.63) is 24.2 Å². The van der Waals surface area contributed by atoms with Crippen molar-refractivity contribution in [2.75, 3.05) is 13.2 Å². The Morgan fingerprint density at radius 1 is 1.22 bits per heavy atom. The van der Waals surface area contributed by atoms with Gasteiger partial charge in [-0.2, -0.15) is 0 Å². The van der Waals surface area contributed by atoms with Gasteiger partial charge in [0.05, 0.1) is 19.3 Å². The van der Waals surface area contributed by atoms with Crippen LogP contribution < -0.4 is 0 Å². The van der Waals surface area contributed by atoms with Crippen LogP contribution in [0.5, 0.6) is 0 Å². The zero-order valence-corrected chi connectivity index (χ0v) is 14.0. The van der Waals surface area contributed by atoms with Crippen molar-refractivity contribution in [2.24, 2.45) is 0 Å². The predicted octanol–water partition coefficient (Wildman–Crippen LogP) is 3.79. The van der Waals surface area contributed by atoms with Crippen molar-refractivity contribution in [2.45, 2.75) is 64.3 Å². The van der Waals surface area contributed by atoms with Gasteiger partial charge in [-0.15, -0.1) is 0 Å². The van der Waals surface area contributed by atoms with E-state index in [0.29, 0.717) is 18.9 Å². The summed E-state index contributed by atoms with van der Waals surface area (Å²) in [7, 11) is 0. The predicted molar refractivity (Wildman–Crippen MR) is 87.1 cm³/mol. The Morgan fingerprint density at radius 2 is 1.91 bits per heavy atom. The molecular weight excluding hydrogens is 294 g/mol. The minimum absolute atomic E-state index is 0.120. The van der Waals surface area contributed by atoms with Crippen LogP contribution in [0, 0.1) is 0 Å². The number of ether oxygens (including phenoxy) is 1. The van der Waals surface area contributed by atoms with Crippen LogP contribution in [0.25, 0.3) is 0 Å². The number of carbonyl (C=O) groups excluding carboxylic acids is 2. The zero-order chi connectivity index (χ0) is 16.5. The van der Waals surface area contributed by atoms with Gasteiger partial charge in [-0.1, -0.05) is 32.1 Å². The molecule has 2 rings (SSSR count). The first kappa shape index (κ1) is 17.6. The molecule has 0 atom stereocenters. The van der Waals surface area contributed by atoms with Crippen LogP contribution in [-0.2, 0) is 9.53 Å². The lowest BCUT2D eigenvalue weighted by Gasteiger charge is -2.32. The monoisotopic (exact) mass is 321 g/mol. The van der Waals surface area contributed by atoms with Crippen molar-refractivity contribution < 1.29 is 18.7 Å². The molecule has 0 N–H and O–H groups in total. The zero-order valence-electron chi connectivity index (χ0n) is 14.0. The molecule has 1 heterocycles. The highest BCUT2D eigenvalue weighted by atomic mass is 16.5. The Bertz CT molecular complexity index is 475. The van der Waals surface area contributed by atoms with Gasteiger partial charge in [-0.3, -0.25) is 9.59 Å². The van der Waals surface area contributed by atoms with E-state index in [1.165, 1.54) is 25.5 Å². The number of rotatable bonds is 6. The average molecular weight is 321 g/mol. The first-order valence-electron chi connectivity index (χ1n) is 8.72. The van der Waals surface area contributed by atoms with Crippen LogP contribution >= 0.6 is 0 Å². The number of carbonyl (C=O) groups is 2. The summed E-state index contributed by atoms with van der Waals surface area (Å²) in [5, 5.41) is 0. The van der Waals surface area contributed by atoms with Crippen molar-refractivity contribution in [1.29, 1.82) is 0 Å². The number of furan rings is 1. The minimum atomic E-state index is -0.254. The second kappa shape index (κ2) is 9.38. The van der Waals surface area contributed by atoms with E-state index in [9.17, 15) is 9.59 Å². The number of hydrogen-bond acceptors (Lipinski definition) is 4. The molecule has 1 saturated carbocycles. The van der Waals surface area contributed by atoms with E-state index in [1.807, 2.05) is 4.90 Å². The van der Waals surface area contributed by atoms with Crippen molar-refractivity contribution in [3.63, 3.8) is 0 Å². The highest BCUT2D eigenvalue weighted by Gasteiger charge is 2.27. The standard InChI is InChI=1S/C18H27NO4/c1-2-22-17(20)12-13-19(18(21)16-11-8-14-23-16)15-9-6-4-3-5-7-10-15/h8,11,14-15H,2-7,9-10,12-13H2,1H3. The number of nitrogens with zero attached hydrogens (tertiary/aromatic N) is 1. The lowest BCUT2D eigenvalue weighted by atomic mass is 9.95. The van der Waals surface area contributed by atoms with Crippen LogP contribution in [0.1, 0.15) is 68.8 Å². The van der Waals surface area contributed by atoms with Crippen LogP contribution in [-0.4, -0.2) is 36.0 Å². The van der Waals surface area contributed by atoms with E-state index in [2.05, 4.69) is 0 Å². The van der Waals surface area contributed by atoms with Gasteiger partial charge in [0.25, 0.3) is 5.91 Å². The van der Waals surface area contributed by atoms with E-state index in [0.717, 1.165) is 25.7 Å². The molecule has 5 heteroatoms. The number of amides is 1. The van der Waals surface area contributed by atoms with Crippen molar-refractivity contribution in [3.8, 4) is 0 Å². The summed E-state index contributed by atoms with van der Waals surface area (Å²) in [4.78, 5) is 26.3. The number of hydrogen-bond donors (Lipinski definition) is 0. The molecule has 128 valence electrons. The first-order valence-corrected chi connectivity index (χ1v) is 8.72. The van der Waals surface area contributed by atoms with Crippen LogP contribution in [0.4, 0.5) is 0 Å². The summed E-state index contributed by atoms with van der Waals surface area (Å²) in [6.45, 7) is 2.55. The third-order valence-corrected chi connectivity index (χ3v) is 4.37. The molecule has 23 heavy (non-hydrogen) atoms. The molecule has 1 aliphatic rings. The van der Waals surface area contributed by atoms with Gasteiger partial charge in [0.15, 0.2) is 5.76 Å². The smallest absolute Gasteiger partial charge is 0.307 e. The third kappa shape index (κ3) is 5.41. The molecule has 0 spiro atoms. The summed E-state index contributed by atoms with van der Waals surface area (Å²) in [5.74, 6) is -0.0311. The molecule has 0 unspecified atom stereocenters. The fourth-order valence-corrected chi connectivity index (χ4v) is 3.18. The maximum absolute atomic E-state index is 12.8. The van der Waals surface area contributed by atoms with Gasteiger partial charge in [-0.05, 0) is 31.9 Å². The van der Waals surface area contributed by atoms with Gasteiger partial charge in [0.2, 0.25) is 0 Å². The molecule has 1 aliphatic carbocycles. The highest BCUT2D eigenvalue weighted by Crippen LogP contribution is 2.23. The van der Waals surface area contributed by atoms with Crippen LogP contribution in [0.2, 0.25) is 0 Å². The molecule has 1 amide bonds. The van der Waals surface area contributed by atoms with Gasteiger partial charge < -0.3 is 14.1 Å². The Morgan fingerprint density at radius 3 is 2.52 bits per heavy atom. The topological polar surface area (TPSA) is 59.8 Å². The molecule has 0 saturated heterocycles. The lowest BCUT2D eigenvalue weighted by Crippen LogP contribution is -2.42. The SMILES string of the molecule is CCOC(=O)CCN(C(=O)c1ccco1)C1CCCCCCC1. The van der Waals surface area contributed by atoms with Crippen molar-refractivity contribution in [1.82, 2.24) is 4.90 Å². The van der Waals surface area contributed by atoms with Gasteiger partial charge in [0.1, 0.15) is 0 Å². The van der Waals surface area contributed by atoms with Crippen LogP contribution in [0.3, 0.4) is 0 Å². The maximum Gasteiger partial charge on any atom is 0.307 e. The fraction of sp³-hybridized carbons (Fsp3) is 0.667. The molecule has 1 aromatic rings. The summed E-state index contributed by atoms with van der Waals surface area (Å²) < 4.78 is 10.3. The highest BCUT2D eigenvalue weighted by molar-refractivity contribution is 5.91. The van der Waals surface area contributed by atoms with E-state index in [4.69, 9.17) is 9.15 Å². The molecule has 1 fully saturated rings.